The third-order valence-corrected chi connectivity index (χ3v) is 5.24. The first-order chi connectivity index (χ1) is 10.5. The van der Waals surface area contributed by atoms with E-state index < -0.39 is 17.5 Å². The van der Waals surface area contributed by atoms with Crippen LogP contribution >= 0.6 is 24.0 Å². The standard InChI is InChI=1S/C16H19ClF2N2O.ClH/c17-12-7-14(19)13(18)6-11(12)16(22)21-15-8-2-1-3-9(15)5-10(20)4-8;/h6-10,15H,1-5,20H2,(H,21,22);1H. The molecule has 0 spiro atoms. The van der Waals surface area contributed by atoms with Crippen molar-refractivity contribution in [3.8, 4) is 0 Å². The van der Waals surface area contributed by atoms with E-state index in [1.165, 1.54) is 0 Å². The average molecular weight is 365 g/mol. The van der Waals surface area contributed by atoms with Crippen LogP contribution in [0.15, 0.2) is 12.1 Å². The molecule has 23 heavy (non-hydrogen) atoms. The average Bonchev–Trinajstić information content (AvgIpc) is 2.43. The van der Waals surface area contributed by atoms with Crippen molar-refractivity contribution < 1.29 is 13.6 Å². The predicted molar refractivity (Wildman–Crippen MR) is 87.9 cm³/mol. The highest BCUT2D eigenvalue weighted by molar-refractivity contribution is 6.33. The fraction of sp³-hybridized carbons (Fsp3) is 0.562. The second-order valence-electron chi connectivity index (χ2n) is 6.43. The number of rotatable bonds is 2. The van der Waals surface area contributed by atoms with Crippen LogP contribution in [-0.4, -0.2) is 18.0 Å². The molecule has 3 rings (SSSR count). The molecule has 2 bridgehead atoms. The molecular formula is C16H20Cl2F2N2O. The van der Waals surface area contributed by atoms with Gasteiger partial charge in [-0.2, -0.15) is 0 Å². The first kappa shape index (κ1) is 18.4. The Bertz CT molecular complexity index is 586. The number of carbonyl (C=O) groups excluding carboxylic acids is 1. The molecule has 0 aromatic heterocycles. The molecule has 3 nitrogen and oxygen atoms in total. The Morgan fingerprint density at radius 1 is 1.17 bits per heavy atom. The van der Waals surface area contributed by atoms with Crippen LogP contribution in [0.5, 0.6) is 0 Å². The maximum Gasteiger partial charge on any atom is 0.253 e. The zero-order chi connectivity index (χ0) is 15.9. The largest absolute Gasteiger partial charge is 0.349 e. The molecule has 2 unspecified atom stereocenters. The van der Waals surface area contributed by atoms with Crippen molar-refractivity contribution >= 4 is 29.9 Å². The highest BCUT2D eigenvalue weighted by Crippen LogP contribution is 2.39. The predicted octanol–water partition coefficient (Wildman–Crippen LogP) is 3.68. The Kier molecular flexibility index (Phi) is 5.87. The fourth-order valence-electron chi connectivity index (χ4n) is 3.95. The number of nitrogens with two attached hydrogens (primary N) is 1. The van der Waals surface area contributed by atoms with Crippen LogP contribution in [0.1, 0.15) is 42.5 Å². The van der Waals surface area contributed by atoms with Crippen LogP contribution in [0.4, 0.5) is 8.78 Å². The van der Waals surface area contributed by atoms with Crippen LogP contribution in [0.25, 0.3) is 0 Å². The molecule has 2 saturated carbocycles. The van der Waals surface area contributed by atoms with Gasteiger partial charge in [0.1, 0.15) is 0 Å². The second kappa shape index (κ2) is 7.32. The molecule has 1 aromatic rings. The number of benzene rings is 1. The van der Waals surface area contributed by atoms with Crippen molar-refractivity contribution in [3.63, 3.8) is 0 Å². The minimum atomic E-state index is -1.07. The number of halogens is 4. The Labute approximate surface area is 145 Å². The molecule has 0 saturated heterocycles. The number of nitrogens with one attached hydrogen (secondary N) is 1. The Hall–Kier alpha value is -0.910. The fourth-order valence-corrected chi connectivity index (χ4v) is 4.19. The summed E-state index contributed by atoms with van der Waals surface area (Å²) < 4.78 is 26.5. The van der Waals surface area contributed by atoms with E-state index in [9.17, 15) is 13.6 Å². The summed E-state index contributed by atoms with van der Waals surface area (Å²) in [5, 5.41) is 2.90. The normalized spacial score (nSPS) is 29.6. The van der Waals surface area contributed by atoms with E-state index in [2.05, 4.69) is 5.32 Å². The second-order valence-corrected chi connectivity index (χ2v) is 6.84. The number of amides is 1. The van der Waals surface area contributed by atoms with Crippen molar-refractivity contribution in [2.45, 2.75) is 44.2 Å². The molecule has 128 valence electrons. The van der Waals surface area contributed by atoms with Crippen LogP contribution in [0, 0.1) is 23.5 Å². The zero-order valence-electron chi connectivity index (χ0n) is 12.5. The van der Waals surface area contributed by atoms with Crippen molar-refractivity contribution in [2.75, 3.05) is 0 Å². The van der Waals surface area contributed by atoms with Crippen molar-refractivity contribution in [2.24, 2.45) is 17.6 Å². The SMILES string of the molecule is Cl.NC1CC2CCCC(C1)C2NC(=O)c1cc(F)c(F)cc1Cl. The summed E-state index contributed by atoms with van der Waals surface area (Å²) in [6.07, 6.45) is 5.03. The monoisotopic (exact) mass is 364 g/mol. The van der Waals surface area contributed by atoms with Gasteiger partial charge in [0.2, 0.25) is 0 Å². The maximum absolute atomic E-state index is 13.3. The third kappa shape index (κ3) is 3.78. The van der Waals surface area contributed by atoms with Gasteiger partial charge in [-0.15, -0.1) is 12.4 Å². The maximum atomic E-state index is 13.3. The van der Waals surface area contributed by atoms with Crippen molar-refractivity contribution in [3.05, 3.63) is 34.4 Å². The highest BCUT2D eigenvalue weighted by atomic mass is 35.5. The van der Waals surface area contributed by atoms with E-state index >= 15 is 0 Å². The molecular weight excluding hydrogens is 345 g/mol. The van der Waals surface area contributed by atoms with Crippen LogP contribution in [0.2, 0.25) is 5.02 Å². The number of fused-ring (bicyclic) bond motifs is 2. The Morgan fingerprint density at radius 2 is 1.74 bits per heavy atom. The molecule has 2 atom stereocenters. The van der Waals surface area contributed by atoms with Gasteiger partial charge in [-0.05, 0) is 49.7 Å². The summed E-state index contributed by atoms with van der Waals surface area (Å²) in [4.78, 5) is 12.4. The lowest BCUT2D eigenvalue weighted by Crippen LogP contribution is -2.53. The molecule has 2 aliphatic rings. The van der Waals surface area contributed by atoms with Crippen LogP contribution in [0.3, 0.4) is 0 Å². The first-order valence-corrected chi connectivity index (χ1v) is 8.04. The summed E-state index contributed by atoms with van der Waals surface area (Å²) in [6, 6.07) is 1.93. The van der Waals surface area contributed by atoms with E-state index in [0.717, 1.165) is 44.2 Å². The van der Waals surface area contributed by atoms with Crippen LogP contribution < -0.4 is 11.1 Å². The molecule has 1 aromatic carbocycles. The lowest BCUT2D eigenvalue weighted by molar-refractivity contribution is 0.0755. The molecule has 2 aliphatic carbocycles. The van der Waals surface area contributed by atoms with E-state index in [4.69, 9.17) is 17.3 Å². The highest BCUT2D eigenvalue weighted by Gasteiger charge is 2.40. The molecule has 0 aliphatic heterocycles. The van der Waals surface area contributed by atoms with Gasteiger partial charge in [-0.25, -0.2) is 8.78 Å². The van der Waals surface area contributed by atoms with Crippen molar-refractivity contribution in [1.82, 2.24) is 5.32 Å². The quantitative estimate of drug-likeness (QED) is 0.786. The van der Waals surface area contributed by atoms with Gasteiger partial charge in [0.25, 0.3) is 5.91 Å². The first-order valence-electron chi connectivity index (χ1n) is 7.66. The van der Waals surface area contributed by atoms with Gasteiger partial charge in [-0.3, -0.25) is 4.79 Å². The zero-order valence-corrected chi connectivity index (χ0v) is 14.1. The lowest BCUT2D eigenvalue weighted by atomic mass is 9.67. The van der Waals surface area contributed by atoms with Gasteiger partial charge in [0.05, 0.1) is 10.6 Å². The Balaban J connectivity index is 0.00000192. The smallest absolute Gasteiger partial charge is 0.253 e. The topological polar surface area (TPSA) is 55.1 Å². The molecule has 0 radical (unpaired) electrons. The van der Waals surface area contributed by atoms with Crippen LogP contribution in [-0.2, 0) is 0 Å². The summed E-state index contributed by atoms with van der Waals surface area (Å²) >= 11 is 5.87. The van der Waals surface area contributed by atoms with Gasteiger partial charge in [0.15, 0.2) is 11.6 Å². The number of hydrogen-bond acceptors (Lipinski definition) is 2. The minimum absolute atomic E-state index is 0. The number of hydrogen-bond donors (Lipinski definition) is 2. The summed E-state index contributed by atoms with van der Waals surface area (Å²) in [5.41, 5.74) is 6.04. The lowest BCUT2D eigenvalue weighted by Gasteiger charge is -2.45. The van der Waals surface area contributed by atoms with Crippen molar-refractivity contribution in [1.29, 1.82) is 0 Å². The van der Waals surface area contributed by atoms with E-state index in [1.807, 2.05) is 0 Å². The molecule has 7 heteroatoms. The van der Waals surface area contributed by atoms with E-state index in [1.54, 1.807) is 0 Å². The summed E-state index contributed by atoms with van der Waals surface area (Å²) in [6.45, 7) is 0. The number of carbonyl (C=O) groups is 1. The Morgan fingerprint density at radius 3 is 2.35 bits per heavy atom. The van der Waals surface area contributed by atoms with Gasteiger partial charge < -0.3 is 11.1 Å². The van der Waals surface area contributed by atoms with Gasteiger partial charge in [-0.1, -0.05) is 18.0 Å². The third-order valence-electron chi connectivity index (χ3n) is 4.93. The minimum Gasteiger partial charge on any atom is -0.349 e. The summed E-state index contributed by atoms with van der Waals surface area (Å²) in [7, 11) is 0. The molecule has 1 amide bonds. The van der Waals surface area contributed by atoms with E-state index in [-0.39, 0.29) is 35.1 Å². The molecule has 0 heterocycles. The molecule has 2 fully saturated rings. The molecule has 3 N–H and O–H groups in total. The van der Waals surface area contributed by atoms with E-state index in [0.29, 0.717) is 11.8 Å². The van der Waals surface area contributed by atoms with Gasteiger partial charge >= 0.3 is 0 Å². The summed E-state index contributed by atoms with van der Waals surface area (Å²) in [5.74, 6) is -1.85. The van der Waals surface area contributed by atoms with Gasteiger partial charge in [0, 0.05) is 12.1 Å².